The number of halogens is 2. The standard InChI is InChI=1S/C29H24F2N4O2/c1-18-27(21-12-14-22(15-13-21)33(3)19(2)36)32-29-34(17-24-25(30)10-7-11-26(24)31)16-23(28(37)35(18)29)20-8-5-4-6-9-20/h4-16H,17H2,1-3H3. The second kappa shape index (κ2) is 9.46. The molecule has 0 saturated heterocycles. The molecule has 186 valence electrons. The Morgan fingerprint density at radius 1 is 0.919 bits per heavy atom. The Balaban J connectivity index is 1.73. The molecule has 0 radical (unpaired) electrons. The molecule has 5 rings (SSSR count). The quantitative estimate of drug-likeness (QED) is 0.324. The van der Waals surface area contributed by atoms with Gasteiger partial charge < -0.3 is 9.47 Å². The average Bonchev–Trinajstić information content (AvgIpc) is 3.25. The number of amides is 1. The van der Waals surface area contributed by atoms with Crippen LogP contribution < -0.4 is 10.5 Å². The minimum Gasteiger partial charge on any atom is -0.316 e. The van der Waals surface area contributed by atoms with Gasteiger partial charge in [0.25, 0.3) is 5.56 Å². The number of imidazole rings is 1. The number of hydrogen-bond acceptors (Lipinski definition) is 3. The molecule has 6 nitrogen and oxygen atoms in total. The van der Waals surface area contributed by atoms with Crippen molar-refractivity contribution in [3.05, 3.63) is 112 Å². The Morgan fingerprint density at radius 2 is 1.57 bits per heavy atom. The van der Waals surface area contributed by atoms with E-state index >= 15 is 0 Å². The van der Waals surface area contributed by atoms with Crippen LogP contribution in [0.1, 0.15) is 18.2 Å². The van der Waals surface area contributed by atoms with Gasteiger partial charge in [0.15, 0.2) is 0 Å². The van der Waals surface area contributed by atoms with E-state index < -0.39 is 11.6 Å². The van der Waals surface area contributed by atoms with Crippen molar-refractivity contribution in [2.45, 2.75) is 20.4 Å². The summed E-state index contributed by atoms with van der Waals surface area (Å²) in [6, 6.07) is 20.1. The highest BCUT2D eigenvalue weighted by atomic mass is 19.1. The fraction of sp³-hybridized carbons (Fsp3) is 0.138. The molecule has 2 heterocycles. The van der Waals surface area contributed by atoms with Crippen LogP contribution >= 0.6 is 0 Å². The molecule has 0 unspecified atom stereocenters. The summed E-state index contributed by atoms with van der Waals surface area (Å²) in [5.41, 5.74) is 3.28. The summed E-state index contributed by atoms with van der Waals surface area (Å²) in [5, 5.41) is 0. The van der Waals surface area contributed by atoms with Crippen molar-refractivity contribution >= 4 is 17.4 Å². The van der Waals surface area contributed by atoms with Crippen LogP contribution in [0, 0.1) is 18.6 Å². The van der Waals surface area contributed by atoms with Crippen molar-refractivity contribution in [2.24, 2.45) is 0 Å². The van der Waals surface area contributed by atoms with Crippen molar-refractivity contribution in [1.29, 1.82) is 0 Å². The Kier molecular flexibility index (Phi) is 6.17. The number of fused-ring (bicyclic) bond motifs is 1. The van der Waals surface area contributed by atoms with Gasteiger partial charge in [-0.15, -0.1) is 0 Å². The lowest BCUT2D eigenvalue weighted by molar-refractivity contribution is -0.116. The van der Waals surface area contributed by atoms with E-state index in [-0.39, 0.29) is 29.4 Å². The molecule has 0 spiro atoms. The molecule has 2 aromatic heterocycles. The molecule has 8 heteroatoms. The van der Waals surface area contributed by atoms with Gasteiger partial charge in [-0.25, -0.2) is 18.2 Å². The first kappa shape index (κ1) is 24.1. The molecule has 37 heavy (non-hydrogen) atoms. The summed E-state index contributed by atoms with van der Waals surface area (Å²) < 4.78 is 32.2. The highest BCUT2D eigenvalue weighted by molar-refractivity contribution is 5.91. The zero-order chi connectivity index (χ0) is 26.3. The maximum atomic E-state index is 14.6. The van der Waals surface area contributed by atoms with E-state index in [1.54, 1.807) is 36.9 Å². The zero-order valence-corrected chi connectivity index (χ0v) is 20.6. The molecule has 0 aliphatic heterocycles. The van der Waals surface area contributed by atoms with Crippen molar-refractivity contribution in [2.75, 3.05) is 11.9 Å². The highest BCUT2D eigenvalue weighted by Gasteiger charge is 2.20. The van der Waals surface area contributed by atoms with E-state index in [4.69, 9.17) is 4.98 Å². The monoisotopic (exact) mass is 498 g/mol. The number of anilines is 1. The molecular weight excluding hydrogens is 474 g/mol. The smallest absolute Gasteiger partial charge is 0.267 e. The second-order valence-electron chi connectivity index (χ2n) is 8.85. The molecule has 0 bridgehead atoms. The third-order valence-electron chi connectivity index (χ3n) is 6.54. The van der Waals surface area contributed by atoms with Crippen LogP contribution in [0.3, 0.4) is 0 Å². The lowest BCUT2D eigenvalue weighted by Gasteiger charge is -2.15. The summed E-state index contributed by atoms with van der Waals surface area (Å²) in [4.78, 5) is 31.7. The topological polar surface area (TPSA) is 59.6 Å². The molecule has 1 amide bonds. The fourth-order valence-corrected chi connectivity index (χ4v) is 4.40. The van der Waals surface area contributed by atoms with E-state index in [2.05, 4.69) is 0 Å². The molecule has 0 fully saturated rings. The van der Waals surface area contributed by atoms with Crippen LogP contribution in [-0.2, 0) is 11.3 Å². The van der Waals surface area contributed by atoms with Crippen LogP contribution in [-0.4, -0.2) is 26.9 Å². The summed E-state index contributed by atoms with van der Waals surface area (Å²) >= 11 is 0. The third kappa shape index (κ3) is 4.31. The van der Waals surface area contributed by atoms with Gasteiger partial charge in [-0.3, -0.25) is 9.59 Å². The summed E-state index contributed by atoms with van der Waals surface area (Å²) in [6.45, 7) is 3.12. The van der Waals surface area contributed by atoms with Crippen LogP contribution in [0.25, 0.3) is 28.2 Å². The maximum Gasteiger partial charge on any atom is 0.267 e. The molecule has 0 N–H and O–H groups in total. The van der Waals surface area contributed by atoms with Crippen LogP contribution in [0.2, 0.25) is 0 Å². The molecule has 0 aliphatic rings. The second-order valence-corrected chi connectivity index (χ2v) is 8.85. The van der Waals surface area contributed by atoms with Gasteiger partial charge in [0.05, 0.1) is 23.5 Å². The Hall–Kier alpha value is -4.59. The molecule has 0 saturated carbocycles. The van der Waals surface area contributed by atoms with Gasteiger partial charge in [-0.05, 0) is 36.8 Å². The molecule has 0 atom stereocenters. The number of aromatic nitrogens is 3. The summed E-state index contributed by atoms with van der Waals surface area (Å²) in [5.74, 6) is -1.18. The number of carbonyl (C=O) groups excluding carboxylic acids is 1. The predicted molar refractivity (Wildman–Crippen MR) is 140 cm³/mol. The largest absolute Gasteiger partial charge is 0.316 e. The molecule has 5 aromatic rings. The number of hydrogen-bond donors (Lipinski definition) is 0. The van der Waals surface area contributed by atoms with E-state index in [1.807, 2.05) is 42.5 Å². The first-order valence-electron chi connectivity index (χ1n) is 11.7. The first-order chi connectivity index (χ1) is 17.8. The maximum absolute atomic E-state index is 14.6. The van der Waals surface area contributed by atoms with Gasteiger partial charge in [0.2, 0.25) is 11.7 Å². The number of carbonyl (C=O) groups is 1. The number of rotatable bonds is 5. The average molecular weight is 499 g/mol. The zero-order valence-electron chi connectivity index (χ0n) is 20.6. The lowest BCUT2D eigenvalue weighted by Crippen LogP contribution is -2.22. The third-order valence-corrected chi connectivity index (χ3v) is 6.54. The van der Waals surface area contributed by atoms with Crippen molar-refractivity contribution in [3.8, 4) is 22.4 Å². The fourth-order valence-electron chi connectivity index (χ4n) is 4.40. The SMILES string of the molecule is CC(=O)N(C)c1ccc(-c2nc3n(Cc4c(F)cccc4F)cc(-c4ccccc4)c(=O)n3c2C)cc1. The van der Waals surface area contributed by atoms with Gasteiger partial charge in [0.1, 0.15) is 11.6 Å². The van der Waals surface area contributed by atoms with Gasteiger partial charge in [-0.1, -0.05) is 48.5 Å². The van der Waals surface area contributed by atoms with E-state index in [9.17, 15) is 18.4 Å². The van der Waals surface area contributed by atoms with E-state index in [1.165, 1.54) is 34.4 Å². The Morgan fingerprint density at radius 3 is 2.19 bits per heavy atom. The van der Waals surface area contributed by atoms with Crippen molar-refractivity contribution in [3.63, 3.8) is 0 Å². The van der Waals surface area contributed by atoms with Crippen molar-refractivity contribution in [1.82, 2.24) is 14.0 Å². The lowest BCUT2D eigenvalue weighted by atomic mass is 10.1. The molecule has 3 aromatic carbocycles. The van der Waals surface area contributed by atoms with Crippen LogP contribution in [0.4, 0.5) is 14.5 Å². The molecule has 0 aliphatic carbocycles. The number of aryl methyl sites for hydroxylation is 1. The van der Waals surface area contributed by atoms with Crippen LogP contribution in [0.15, 0.2) is 83.8 Å². The summed E-state index contributed by atoms with van der Waals surface area (Å²) in [7, 11) is 1.69. The Labute approximate surface area is 212 Å². The van der Waals surface area contributed by atoms with Gasteiger partial charge in [0, 0.05) is 37.0 Å². The van der Waals surface area contributed by atoms with Crippen LogP contribution in [0.5, 0.6) is 0 Å². The highest BCUT2D eigenvalue weighted by Crippen LogP contribution is 2.27. The minimum atomic E-state index is -0.674. The minimum absolute atomic E-state index is 0.0949. The first-order valence-corrected chi connectivity index (χ1v) is 11.7. The number of nitrogens with zero attached hydrogens (tertiary/aromatic N) is 4. The number of benzene rings is 3. The summed E-state index contributed by atoms with van der Waals surface area (Å²) in [6.07, 6.45) is 1.60. The molecular formula is C29H24F2N4O2. The van der Waals surface area contributed by atoms with E-state index in [0.29, 0.717) is 22.5 Å². The Bertz CT molecular complexity index is 1670. The van der Waals surface area contributed by atoms with Gasteiger partial charge >= 0.3 is 0 Å². The van der Waals surface area contributed by atoms with E-state index in [0.717, 1.165) is 11.3 Å². The predicted octanol–water partition coefficient (Wildman–Crippen LogP) is 5.45. The van der Waals surface area contributed by atoms with Gasteiger partial charge in [-0.2, -0.15) is 0 Å². The normalized spacial score (nSPS) is 11.2. The van der Waals surface area contributed by atoms with Crippen molar-refractivity contribution < 1.29 is 13.6 Å².